The first-order valence-electron chi connectivity index (χ1n) is 26.8. The average molecular weight is 1180 g/mol. The molecular formula is C70H67N4OPt-3. The summed E-state index contributed by atoms with van der Waals surface area (Å²) in [5, 5.41) is 0. The summed E-state index contributed by atoms with van der Waals surface area (Å²) in [7, 11) is 0. The molecule has 3 heterocycles. The third-order valence-corrected chi connectivity index (χ3v) is 16.3. The Morgan fingerprint density at radius 2 is 1.22 bits per heavy atom. The van der Waals surface area contributed by atoms with Crippen LogP contribution in [0.1, 0.15) is 116 Å². The van der Waals surface area contributed by atoms with Crippen molar-refractivity contribution in [2.24, 2.45) is 0 Å². The number of benzene rings is 7. The number of para-hydroxylation sites is 3. The fourth-order valence-corrected chi connectivity index (χ4v) is 11.8. The molecule has 12 rings (SSSR count). The van der Waals surface area contributed by atoms with Gasteiger partial charge in [0.25, 0.3) is 0 Å². The van der Waals surface area contributed by atoms with Crippen molar-refractivity contribution in [1.82, 2.24) is 4.98 Å². The zero-order valence-electron chi connectivity index (χ0n) is 45.5. The summed E-state index contributed by atoms with van der Waals surface area (Å²) in [6.45, 7) is 25.6. The number of hydrogen-bond donors (Lipinski definition) is 0. The molecule has 6 heteroatoms. The molecule has 2 aliphatic heterocycles. The Kier molecular flexibility index (Phi) is 13.0. The van der Waals surface area contributed by atoms with Crippen molar-refractivity contribution in [3.05, 3.63) is 229 Å². The second-order valence-electron chi connectivity index (χ2n) is 24.4. The third-order valence-electron chi connectivity index (χ3n) is 16.3. The van der Waals surface area contributed by atoms with Gasteiger partial charge in [0.05, 0.1) is 6.04 Å². The number of anilines is 6. The van der Waals surface area contributed by atoms with Gasteiger partial charge in [-0.3, -0.25) is 0 Å². The summed E-state index contributed by atoms with van der Waals surface area (Å²) >= 11 is 0. The van der Waals surface area contributed by atoms with Crippen LogP contribution >= 0.6 is 0 Å². The Bertz CT molecular complexity index is 3570. The Morgan fingerprint density at radius 3 is 1.97 bits per heavy atom. The maximum absolute atomic E-state index is 6.79. The van der Waals surface area contributed by atoms with Crippen LogP contribution in [0, 0.1) is 18.8 Å². The minimum Gasteiger partial charge on any atom is -0.509 e. The maximum atomic E-state index is 6.79. The van der Waals surface area contributed by atoms with Crippen LogP contribution < -0.4 is 19.4 Å². The van der Waals surface area contributed by atoms with E-state index in [1.54, 1.807) is 0 Å². The molecule has 1 aromatic heterocycles. The summed E-state index contributed by atoms with van der Waals surface area (Å²) < 4.78 is 6.79. The summed E-state index contributed by atoms with van der Waals surface area (Å²) in [6.07, 6.45) is 13.1. The van der Waals surface area contributed by atoms with Crippen molar-refractivity contribution in [2.75, 3.05) is 14.7 Å². The number of ether oxygens (including phenoxy) is 1. The Morgan fingerprint density at radius 1 is 0.566 bits per heavy atom. The van der Waals surface area contributed by atoms with Gasteiger partial charge in [0.1, 0.15) is 5.82 Å². The van der Waals surface area contributed by atoms with Crippen LogP contribution in [-0.2, 0) is 42.7 Å². The van der Waals surface area contributed by atoms with Gasteiger partial charge in [0.2, 0.25) is 0 Å². The quantitative estimate of drug-likeness (QED) is 0.142. The van der Waals surface area contributed by atoms with E-state index in [1.165, 1.54) is 62.1 Å². The van der Waals surface area contributed by atoms with Crippen LogP contribution in [0.3, 0.4) is 0 Å². The third kappa shape index (κ3) is 9.23. The van der Waals surface area contributed by atoms with E-state index >= 15 is 0 Å². The molecule has 2 unspecified atom stereocenters. The molecule has 0 saturated carbocycles. The van der Waals surface area contributed by atoms with Crippen LogP contribution in [0.25, 0.3) is 33.4 Å². The van der Waals surface area contributed by atoms with Crippen molar-refractivity contribution in [1.29, 1.82) is 0 Å². The van der Waals surface area contributed by atoms with E-state index in [4.69, 9.17) is 9.72 Å². The van der Waals surface area contributed by atoms with E-state index in [9.17, 15) is 0 Å². The molecule has 5 nitrogen and oxygen atoms in total. The number of pyridine rings is 1. The molecule has 0 fully saturated rings. The minimum atomic E-state index is -0.0838. The number of hydrogen-bond acceptors (Lipinski definition) is 5. The van der Waals surface area contributed by atoms with E-state index < -0.39 is 0 Å². The molecule has 0 bridgehead atoms. The molecule has 2 atom stereocenters. The first kappa shape index (κ1) is 51.2. The Labute approximate surface area is 466 Å². The predicted octanol–water partition coefficient (Wildman–Crippen LogP) is 18.6. The molecule has 0 spiro atoms. The summed E-state index contributed by atoms with van der Waals surface area (Å²) in [5.74, 6) is 2.33. The summed E-state index contributed by atoms with van der Waals surface area (Å²) in [5.41, 5.74) is 19.0. The smallest absolute Gasteiger partial charge is 0.131 e. The monoisotopic (exact) mass is 1170 g/mol. The largest absolute Gasteiger partial charge is 0.509 e. The van der Waals surface area contributed by atoms with Gasteiger partial charge in [-0.05, 0) is 115 Å². The number of allylic oxidation sites excluding steroid dienone is 2. The molecular weight excluding hydrogens is 1110 g/mol. The molecule has 386 valence electrons. The van der Waals surface area contributed by atoms with E-state index in [-0.39, 0.29) is 54.7 Å². The average Bonchev–Trinajstić information content (AvgIpc) is 4.02. The molecule has 2 aliphatic carbocycles. The zero-order valence-corrected chi connectivity index (χ0v) is 47.8. The fourth-order valence-electron chi connectivity index (χ4n) is 11.8. The summed E-state index contributed by atoms with van der Waals surface area (Å²) in [6, 6.07) is 63.1. The van der Waals surface area contributed by atoms with Crippen LogP contribution in [0.4, 0.5) is 34.3 Å². The van der Waals surface area contributed by atoms with Gasteiger partial charge in [-0.25, -0.2) is 4.98 Å². The molecule has 0 N–H and O–H groups in total. The van der Waals surface area contributed by atoms with Gasteiger partial charge in [-0.15, -0.1) is 48.3 Å². The fraction of sp³-hybridized carbons (Fsp3) is 0.257. The van der Waals surface area contributed by atoms with Crippen LogP contribution in [0.2, 0.25) is 0 Å². The van der Waals surface area contributed by atoms with Crippen molar-refractivity contribution in [3.63, 3.8) is 0 Å². The number of rotatable bonds is 8. The standard InChI is InChI=1S/C70H67N4O.Pt/c1-67(2,3)50-34-37-71-65(42-50)74-61-27-15-14-24-57(61)58-32-31-54(44-64(58)74)75-53-23-18-22-52(43-53)72-45-73(63-29-17-16-28-62(63)72)66-55(47-30-33-59-60(41-47)70(9,10)36-35-69(59,7)8)25-19-26-56(66)49-38-48(46-20-12-11-13-21-46)39-51(40-49)68(4,5)6;/h11-34,37-42,45,57,61H,35-36H2,1-10H3;/q-3;. The van der Waals surface area contributed by atoms with Crippen molar-refractivity contribution in [3.8, 4) is 44.9 Å². The second-order valence-corrected chi connectivity index (χ2v) is 24.4. The normalized spacial score (nSPS) is 17.9. The molecule has 0 saturated heterocycles. The summed E-state index contributed by atoms with van der Waals surface area (Å²) in [4.78, 5) is 11.9. The van der Waals surface area contributed by atoms with E-state index in [1.807, 2.05) is 18.3 Å². The number of aromatic nitrogens is 1. The molecule has 4 aliphatic rings. The second kappa shape index (κ2) is 19.3. The Hall–Kier alpha value is -6.94. The van der Waals surface area contributed by atoms with Crippen LogP contribution in [0.5, 0.6) is 11.5 Å². The van der Waals surface area contributed by atoms with E-state index in [0.29, 0.717) is 11.5 Å². The van der Waals surface area contributed by atoms with E-state index in [0.717, 1.165) is 46.2 Å². The first-order chi connectivity index (χ1) is 35.9. The van der Waals surface area contributed by atoms with Gasteiger partial charge in [-0.2, -0.15) is 12.1 Å². The number of nitrogens with zero attached hydrogens (tertiary/aromatic N) is 4. The van der Waals surface area contributed by atoms with Gasteiger partial charge < -0.3 is 19.4 Å². The van der Waals surface area contributed by atoms with E-state index in [2.05, 4.69) is 267 Å². The molecule has 8 aromatic rings. The minimum absolute atomic E-state index is 0. The van der Waals surface area contributed by atoms with Gasteiger partial charge in [-0.1, -0.05) is 190 Å². The maximum Gasteiger partial charge on any atom is 0.131 e. The number of fused-ring (bicyclic) bond motifs is 5. The van der Waals surface area contributed by atoms with Crippen molar-refractivity contribution >= 4 is 34.3 Å². The molecule has 0 radical (unpaired) electrons. The van der Waals surface area contributed by atoms with Gasteiger partial charge in [0.15, 0.2) is 0 Å². The van der Waals surface area contributed by atoms with Crippen LogP contribution in [-0.4, -0.2) is 11.0 Å². The topological polar surface area (TPSA) is 31.8 Å². The first-order valence-corrected chi connectivity index (χ1v) is 26.8. The van der Waals surface area contributed by atoms with Gasteiger partial charge in [0, 0.05) is 67.0 Å². The van der Waals surface area contributed by atoms with Crippen LogP contribution in [0.15, 0.2) is 182 Å². The molecule has 7 aromatic carbocycles. The Balaban J connectivity index is 0.00000616. The molecule has 0 amide bonds. The van der Waals surface area contributed by atoms with Crippen molar-refractivity contribution < 1.29 is 25.8 Å². The SMILES string of the molecule is CC(C)(C)c1cc(-c2ccccc2)cc(-c2cccc(-c3ccc4c(c3)C(C)(C)CCC4(C)C)c2N2[CH-]N(c3[c-]c(Oc4[c-]c5c(cc4)C4C=CC=CC4N5c4cc(C(C)(C)C)ccn4)ccc3)c3ccccc32)c1.[Pt]. The predicted molar refractivity (Wildman–Crippen MR) is 312 cm³/mol. The molecule has 76 heavy (non-hydrogen) atoms. The zero-order chi connectivity index (χ0) is 52.0. The van der Waals surface area contributed by atoms with Crippen molar-refractivity contribution in [2.45, 2.75) is 116 Å². The van der Waals surface area contributed by atoms with Gasteiger partial charge >= 0.3 is 0 Å².